The summed E-state index contributed by atoms with van der Waals surface area (Å²) in [4.78, 5) is 23.6. The summed E-state index contributed by atoms with van der Waals surface area (Å²) >= 11 is 0. The highest BCUT2D eigenvalue weighted by atomic mass is 16.5. The van der Waals surface area contributed by atoms with Crippen LogP contribution in [0, 0.1) is 23.7 Å². The number of aliphatic hydroxyl groups is 3. The van der Waals surface area contributed by atoms with E-state index in [1.165, 1.54) is 0 Å². The largest absolute Gasteiger partial charge is 0.481 e. The Kier molecular flexibility index (Phi) is 10.5. The maximum Gasteiger partial charge on any atom is 0.309 e. The van der Waals surface area contributed by atoms with Gasteiger partial charge in [-0.25, -0.2) is 0 Å². The Morgan fingerprint density at radius 1 is 1.21 bits per heavy atom. The number of carboxylic acids is 1. The lowest BCUT2D eigenvalue weighted by Gasteiger charge is -2.43. The third kappa shape index (κ3) is 7.95. The zero-order chi connectivity index (χ0) is 24.5. The van der Waals surface area contributed by atoms with Crippen molar-refractivity contribution in [1.29, 1.82) is 0 Å². The fraction of sp³-hybridized carbons (Fsp3) is 0.615. The molecule has 2 rings (SSSR count). The first-order valence-corrected chi connectivity index (χ1v) is 11.7. The summed E-state index contributed by atoms with van der Waals surface area (Å²) in [6.45, 7) is 9.50. The van der Waals surface area contributed by atoms with Crippen molar-refractivity contribution in [3.63, 3.8) is 0 Å². The highest BCUT2D eigenvalue weighted by Gasteiger charge is 2.42. The minimum Gasteiger partial charge on any atom is -0.481 e. The molecule has 0 radical (unpaired) electrons. The number of esters is 1. The highest BCUT2D eigenvalue weighted by molar-refractivity contribution is 5.73. The van der Waals surface area contributed by atoms with E-state index < -0.39 is 36.8 Å². The lowest BCUT2D eigenvalue weighted by molar-refractivity contribution is -0.159. The molecular formula is C26H38O7. The zero-order valence-electron chi connectivity index (χ0n) is 19.4. The third-order valence-electron chi connectivity index (χ3n) is 6.66. The number of rotatable bonds is 13. The van der Waals surface area contributed by atoms with E-state index >= 15 is 0 Å². The van der Waals surface area contributed by atoms with E-state index in [4.69, 9.17) is 9.84 Å². The number of carbonyl (C=O) groups excluding carboxylic acids is 1. The Labute approximate surface area is 196 Å². The molecule has 0 aromatic heterocycles. The van der Waals surface area contributed by atoms with Gasteiger partial charge in [-0.2, -0.15) is 0 Å². The molecule has 0 saturated heterocycles. The van der Waals surface area contributed by atoms with E-state index in [2.05, 4.69) is 26.2 Å². The van der Waals surface area contributed by atoms with Crippen molar-refractivity contribution in [3.05, 3.63) is 49.1 Å². The standard InChI is InChI=1S/C26H38O7/c1-4-6-17(7-5-2)26(32)33-23-14-20(28)12-18-9-8-16(3)22(25(18)23)11-10-19(27)13-21(29)15-24(30)31/h4-5,8-9,12,16-17,19-23,25,27-29H,1-2,6-7,10-11,13-15H2,3H3,(H,30,31)/t16-,19+,20+,21+,22-,23-,25-/m0/s1. The number of ether oxygens (including phenoxy) is 1. The number of carbonyl (C=O) groups is 2. The van der Waals surface area contributed by atoms with Gasteiger partial charge in [-0.3, -0.25) is 9.59 Å². The molecule has 7 atom stereocenters. The smallest absolute Gasteiger partial charge is 0.309 e. The molecule has 2 aliphatic carbocycles. The van der Waals surface area contributed by atoms with Gasteiger partial charge in [0.25, 0.3) is 0 Å². The van der Waals surface area contributed by atoms with Crippen LogP contribution < -0.4 is 0 Å². The fourth-order valence-electron chi connectivity index (χ4n) is 5.02. The van der Waals surface area contributed by atoms with Crippen LogP contribution in [0.3, 0.4) is 0 Å². The number of aliphatic carboxylic acids is 1. The van der Waals surface area contributed by atoms with Gasteiger partial charge in [0.1, 0.15) is 6.10 Å². The van der Waals surface area contributed by atoms with Gasteiger partial charge < -0.3 is 25.2 Å². The normalized spacial score (nSPS) is 28.4. The molecule has 0 unspecified atom stereocenters. The van der Waals surface area contributed by atoms with Crippen molar-refractivity contribution in [1.82, 2.24) is 0 Å². The summed E-state index contributed by atoms with van der Waals surface area (Å²) in [6.07, 6.45) is 7.98. The Morgan fingerprint density at radius 3 is 2.48 bits per heavy atom. The number of hydrogen-bond acceptors (Lipinski definition) is 6. The second-order valence-corrected chi connectivity index (χ2v) is 9.32. The van der Waals surface area contributed by atoms with E-state index in [1.54, 1.807) is 12.2 Å². The van der Waals surface area contributed by atoms with E-state index in [1.807, 2.05) is 12.2 Å². The van der Waals surface area contributed by atoms with Crippen LogP contribution in [0.4, 0.5) is 0 Å². The molecule has 7 heteroatoms. The van der Waals surface area contributed by atoms with Gasteiger partial charge in [0.2, 0.25) is 0 Å². The molecule has 4 N–H and O–H groups in total. The van der Waals surface area contributed by atoms with E-state index in [0.717, 1.165) is 5.57 Å². The topological polar surface area (TPSA) is 124 Å². The molecule has 0 bridgehead atoms. The van der Waals surface area contributed by atoms with Crippen molar-refractivity contribution in [2.24, 2.45) is 23.7 Å². The Hall–Kier alpha value is -2.22. The van der Waals surface area contributed by atoms with Crippen molar-refractivity contribution in [2.45, 2.75) is 76.3 Å². The molecule has 2 aliphatic rings. The lowest BCUT2D eigenvalue weighted by atomic mass is 9.66. The van der Waals surface area contributed by atoms with Crippen LogP contribution in [0.2, 0.25) is 0 Å². The van der Waals surface area contributed by atoms with E-state index in [9.17, 15) is 24.9 Å². The van der Waals surface area contributed by atoms with Crippen molar-refractivity contribution in [2.75, 3.05) is 0 Å². The summed E-state index contributed by atoms with van der Waals surface area (Å²) in [5.74, 6) is -1.68. The van der Waals surface area contributed by atoms with Crippen LogP contribution in [-0.2, 0) is 14.3 Å². The van der Waals surface area contributed by atoms with Crippen molar-refractivity contribution in [3.8, 4) is 0 Å². The molecule has 33 heavy (non-hydrogen) atoms. The van der Waals surface area contributed by atoms with Crippen LogP contribution >= 0.6 is 0 Å². The van der Waals surface area contributed by atoms with Crippen LogP contribution in [-0.4, -0.2) is 56.8 Å². The highest BCUT2D eigenvalue weighted by Crippen LogP contribution is 2.44. The zero-order valence-corrected chi connectivity index (χ0v) is 19.4. The Morgan fingerprint density at radius 2 is 1.88 bits per heavy atom. The SMILES string of the molecule is C=CCC(CC=C)C(=O)O[C@H]1C[C@H](O)C=C2C=C[C@H](C)[C@H](CC[C@@H](O)C[C@@H](O)CC(=O)O)[C@H]21. The molecule has 0 aliphatic heterocycles. The van der Waals surface area contributed by atoms with Gasteiger partial charge in [0.15, 0.2) is 0 Å². The number of allylic oxidation sites excluding steroid dienone is 4. The predicted molar refractivity (Wildman–Crippen MR) is 125 cm³/mol. The van der Waals surface area contributed by atoms with Gasteiger partial charge in [0.05, 0.1) is 30.7 Å². The Balaban J connectivity index is 2.13. The van der Waals surface area contributed by atoms with E-state index in [0.29, 0.717) is 32.1 Å². The molecule has 0 fully saturated rings. The molecule has 0 spiro atoms. The summed E-state index contributed by atoms with van der Waals surface area (Å²) in [5, 5.41) is 39.3. The second-order valence-electron chi connectivity index (χ2n) is 9.32. The first kappa shape index (κ1) is 27.0. The van der Waals surface area contributed by atoms with Crippen molar-refractivity contribution >= 4 is 11.9 Å². The van der Waals surface area contributed by atoms with Crippen LogP contribution in [0.1, 0.15) is 51.9 Å². The van der Waals surface area contributed by atoms with Gasteiger partial charge in [-0.15, -0.1) is 13.2 Å². The van der Waals surface area contributed by atoms with Crippen LogP contribution in [0.15, 0.2) is 49.1 Å². The molecule has 184 valence electrons. The van der Waals surface area contributed by atoms with Crippen LogP contribution in [0.5, 0.6) is 0 Å². The molecule has 0 aromatic rings. The maximum atomic E-state index is 12.9. The minimum absolute atomic E-state index is 0.00147. The van der Waals surface area contributed by atoms with Gasteiger partial charge >= 0.3 is 11.9 Å². The first-order chi connectivity index (χ1) is 15.7. The van der Waals surface area contributed by atoms with Crippen molar-refractivity contribution < 1.29 is 34.8 Å². The summed E-state index contributed by atoms with van der Waals surface area (Å²) in [5.41, 5.74) is 0.930. The fourth-order valence-corrected chi connectivity index (χ4v) is 5.02. The minimum atomic E-state index is -1.10. The average Bonchev–Trinajstić information content (AvgIpc) is 2.72. The summed E-state index contributed by atoms with van der Waals surface area (Å²) < 4.78 is 5.96. The average molecular weight is 463 g/mol. The van der Waals surface area contributed by atoms with Gasteiger partial charge in [-0.1, -0.05) is 37.3 Å². The third-order valence-corrected chi connectivity index (χ3v) is 6.66. The quantitative estimate of drug-likeness (QED) is 0.245. The molecule has 0 aromatic carbocycles. The van der Waals surface area contributed by atoms with Crippen LogP contribution in [0.25, 0.3) is 0 Å². The molecular weight excluding hydrogens is 424 g/mol. The number of carboxylic acid groups (broad SMARTS) is 1. The summed E-state index contributed by atoms with van der Waals surface area (Å²) in [6, 6.07) is 0. The number of fused-ring (bicyclic) bond motifs is 1. The lowest BCUT2D eigenvalue weighted by Crippen LogP contribution is -2.43. The molecule has 0 heterocycles. The number of hydrogen-bond donors (Lipinski definition) is 4. The monoisotopic (exact) mass is 462 g/mol. The maximum absolute atomic E-state index is 12.9. The molecule has 0 amide bonds. The predicted octanol–water partition coefficient (Wildman–Crippen LogP) is 3.16. The first-order valence-electron chi connectivity index (χ1n) is 11.7. The van der Waals surface area contributed by atoms with Gasteiger partial charge in [-0.05, 0) is 49.5 Å². The second kappa shape index (κ2) is 12.9. The molecule has 7 nitrogen and oxygen atoms in total. The molecule has 0 saturated carbocycles. The summed E-state index contributed by atoms with van der Waals surface area (Å²) in [7, 11) is 0. The number of aliphatic hydroxyl groups excluding tert-OH is 3. The van der Waals surface area contributed by atoms with E-state index in [-0.39, 0.29) is 36.1 Å². The van der Waals surface area contributed by atoms with Gasteiger partial charge in [0, 0.05) is 12.3 Å². The Bertz CT molecular complexity index is 746.